The van der Waals surface area contributed by atoms with E-state index in [1.165, 1.54) is 0 Å². The van der Waals surface area contributed by atoms with Gasteiger partial charge in [0.25, 0.3) is 11.8 Å². The molecule has 8 heteroatoms. The van der Waals surface area contributed by atoms with Gasteiger partial charge in [0, 0.05) is 30.1 Å². The van der Waals surface area contributed by atoms with E-state index < -0.39 is 11.8 Å². The standard InChI is InChI=1S/C15H16BrN3O3.ClH/c1-9-7-17-4-5-18(9)13(20)8-19-14(21)11-3-2-10(16)6-12(11)15(19)22;/h2-3,6,9,17H,4-5,7-8H2,1H3;1H. The normalized spacial score (nSPS) is 20.3. The largest absolute Gasteiger partial charge is 0.336 e. The zero-order valence-corrected chi connectivity index (χ0v) is 14.9. The van der Waals surface area contributed by atoms with Crippen molar-refractivity contribution in [1.29, 1.82) is 0 Å². The first-order valence-electron chi connectivity index (χ1n) is 7.15. The zero-order valence-electron chi connectivity index (χ0n) is 12.5. The Bertz CT molecular complexity index is 667. The molecule has 1 atom stereocenters. The third-order valence-corrected chi connectivity index (χ3v) is 4.54. The highest BCUT2D eigenvalue weighted by atomic mass is 79.9. The maximum absolute atomic E-state index is 12.4. The number of hydrogen-bond acceptors (Lipinski definition) is 4. The summed E-state index contributed by atoms with van der Waals surface area (Å²) in [6.07, 6.45) is 0. The van der Waals surface area contributed by atoms with Crippen LogP contribution in [0.15, 0.2) is 22.7 Å². The van der Waals surface area contributed by atoms with Crippen LogP contribution in [-0.2, 0) is 4.79 Å². The first kappa shape index (κ1) is 17.9. The topological polar surface area (TPSA) is 69.7 Å². The Morgan fingerprint density at radius 3 is 2.70 bits per heavy atom. The van der Waals surface area contributed by atoms with Crippen molar-refractivity contribution >= 4 is 46.1 Å². The van der Waals surface area contributed by atoms with Gasteiger partial charge in [0.1, 0.15) is 6.54 Å². The summed E-state index contributed by atoms with van der Waals surface area (Å²) in [6.45, 7) is 3.79. The first-order chi connectivity index (χ1) is 10.5. The zero-order chi connectivity index (χ0) is 15.9. The summed E-state index contributed by atoms with van der Waals surface area (Å²) in [5, 5.41) is 3.20. The molecule has 0 bridgehead atoms. The molecule has 1 N–H and O–H groups in total. The fourth-order valence-electron chi connectivity index (χ4n) is 2.84. The van der Waals surface area contributed by atoms with Crippen molar-refractivity contribution < 1.29 is 14.4 Å². The van der Waals surface area contributed by atoms with Crippen LogP contribution in [0.25, 0.3) is 0 Å². The van der Waals surface area contributed by atoms with Crippen LogP contribution >= 0.6 is 28.3 Å². The molecule has 1 aromatic rings. The predicted octanol–water partition coefficient (Wildman–Crippen LogP) is 1.29. The van der Waals surface area contributed by atoms with Crippen LogP contribution in [0.2, 0.25) is 0 Å². The summed E-state index contributed by atoms with van der Waals surface area (Å²) < 4.78 is 0.733. The molecule has 0 aliphatic carbocycles. The Labute approximate surface area is 148 Å². The molecule has 2 aliphatic rings. The summed E-state index contributed by atoms with van der Waals surface area (Å²) in [5.41, 5.74) is 0.704. The molecular formula is C15H17BrClN3O3. The van der Waals surface area contributed by atoms with Crippen LogP contribution in [0.1, 0.15) is 27.6 Å². The van der Waals surface area contributed by atoms with Crippen molar-refractivity contribution in [2.45, 2.75) is 13.0 Å². The molecule has 2 aliphatic heterocycles. The average Bonchev–Trinajstić information content (AvgIpc) is 2.72. The number of amides is 3. The molecule has 3 rings (SSSR count). The Morgan fingerprint density at radius 1 is 1.30 bits per heavy atom. The maximum Gasteiger partial charge on any atom is 0.262 e. The highest BCUT2D eigenvalue weighted by Crippen LogP contribution is 2.26. The number of benzene rings is 1. The highest BCUT2D eigenvalue weighted by molar-refractivity contribution is 9.10. The van der Waals surface area contributed by atoms with E-state index in [4.69, 9.17) is 0 Å². The number of carbonyl (C=O) groups is 3. The molecule has 0 spiro atoms. The van der Waals surface area contributed by atoms with Crippen molar-refractivity contribution in [1.82, 2.24) is 15.1 Å². The third-order valence-electron chi connectivity index (χ3n) is 4.05. The molecule has 23 heavy (non-hydrogen) atoms. The smallest absolute Gasteiger partial charge is 0.262 e. The number of rotatable bonds is 2. The molecule has 0 aromatic heterocycles. The van der Waals surface area contributed by atoms with E-state index in [1.54, 1.807) is 23.1 Å². The Morgan fingerprint density at radius 2 is 2.00 bits per heavy atom. The number of carbonyl (C=O) groups excluding carboxylic acids is 3. The van der Waals surface area contributed by atoms with Gasteiger partial charge in [-0.15, -0.1) is 12.4 Å². The van der Waals surface area contributed by atoms with Gasteiger partial charge < -0.3 is 10.2 Å². The summed E-state index contributed by atoms with van der Waals surface area (Å²) in [4.78, 5) is 39.9. The van der Waals surface area contributed by atoms with Crippen LogP contribution in [0.5, 0.6) is 0 Å². The lowest BCUT2D eigenvalue weighted by Crippen LogP contribution is -2.55. The molecule has 6 nitrogen and oxygen atoms in total. The quantitative estimate of drug-likeness (QED) is 0.757. The number of piperazine rings is 1. The minimum absolute atomic E-state index is 0. The van der Waals surface area contributed by atoms with Gasteiger partial charge in [-0.25, -0.2) is 0 Å². The lowest BCUT2D eigenvalue weighted by atomic mass is 10.1. The minimum Gasteiger partial charge on any atom is -0.336 e. The van der Waals surface area contributed by atoms with E-state index in [1.807, 2.05) is 6.92 Å². The lowest BCUT2D eigenvalue weighted by Gasteiger charge is -2.34. The number of nitrogens with one attached hydrogen (secondary N) is 1. The molecule has 1 saturated heterocycles. The Kier molecular flexibility index (Phi) is 5.44. The molecule has 1 fully saturated rings. The second-order valence-corrected chi connectivity index (χ2v) is 6.44. The summed E-state index contributed by atoms with van der Waals surface area (Å²) in [6, 6.07) is 5.00. The molecule has 2 heterocycles. The van der Waals surface area contributed by atoms with Crippen LogP contribution in [0, 0.1) is 0 Å². The SMILES string of the molecule is CC1CNCCN1C(=O)CN1C(=O)c2ccc(Br)cc2C1=O.Cl. The van der Waals surface area contributed by atoms with Crippen molar-refractivity contribution in [2.75, 3.05) is 26.2 Å². The van der Waals surface area contributed by atoms with Gasteiger partial charge in [0.15, 0.2) is 0 Å². The van der Waals surface area contributed by atoms with Gasteiger partial charge in [-0.05, 0) is 25.1 Å². The Hall–Kier alpha value is -1.44. The molecule has 1 unspecified atom stereocenters. The van der Waals surface area contributed by atoms with E-state index in [0.29, 0.717) is 17.7 Å². The lowest BCUT2D eigenvalue weighted by molar-refractivity contribution is -0.134. The third kappa shape index (κ3) is 3.27. The van der Waals surface area contributed by atoms with Crippen LogP contribution in [0.3, 0.4) is 0 Å². The fourth-order valence-corrected chi connectivity index (χ4v) is 3.21. The van der Waals surface area contributed by atoms with Crippen molar-refractivity contribution in [3.05, 3.63) is 33.8 Å². The number of halogens is 2. The van der Waals surface area contributed by atoms with Crippen LogP contribution < -0.4 is 5.32 Å². The summed E-state index contributed by atoms with van der Waals surface area (Å²) >= 11 is 3.29. The number of imide groups is 1. The second-order valence-electron chi connectivity index (χ2n) is 5.53. The van der Waals surface area contributed by atoms with Crippen molar-refractivity contribution in [3.63, 3.8) is 0 Å². The monoisotopic (exact) mass is 401 g/mol. The molecule has 124 valence electrons. The molecule has 3 amide bonds. The van der Waals surface area contributed by atoms with Gasteiger partial charge in [-0.1, -0.05) is 15.9 Å². The van der Waals surface area contributed by atoms with E-state index in [9.17, 15) is 14.4 Å². The maximum atomic E-state index is 12.4. The second kappa shape index (κ2) is 6.98. The number of hydrogen-bond donors (Lipinski definition) is 1. The van der Waals surface area contributed by atoms with Gasteiger partial charge >= 0.3 is 0 Å². The molecule has 0 saturated carbocycles. The number of fused-ring (bicyclic) bond motifs is 1. The van der Waals surface area contributed by atoms with Crippen molar-refractivity contribution in [3.8, 4) is 0 Å². The number of nitrogens with zero attached hydrogens (tertiary/aromatic N) is 2. The van der Waals surface area contributed by atoms with E-state index in [-0.39, 0.29) is 30.9 Å². The Balaban J connectivity index is 0.00000192. The van der Waals surface area contributed by atoms with E-state index in [0.717, 1.165) is 22.5 Å². The molecular weight excluding hydrogens is 386 g/mol. The summed E-state index contributed by atoms with van der Waals surface area (Å²) in [7, 11) is 0. The van der Waals surface area contributed by atoms with Gasteiger partial charge in [-0.3, -0.25) is 19.3 Å². The van der Waals surface area contributed by atoms with Gasteiger partial charge in [0.2, 0.25) is 5.91 Å². The highest BCUT2D eigenvalue weighted by Gasteiger charge is 2.38. The van der Waals surface area contributed by atoms with E-state index in [2.05, 4.69) is 21.2 Å². The summed E-state index contributed by atoms with van der Waals surface area (Å²) in [5.74, 6) is -0.997. The predicted molar refractivity (Wildman–Crippen MR) is 90.8 cm³/mol. The van der Waals surface area contributed by atoms with Gasteiger partial charge in [0.05, 0.1) is 11.1 Å². The molecule has 1 aromatic carbocycles. The minimum atomic E-state index is -0.405. The first-order valence-corrected chi connectivity index (χ1v) is 7.94. The van der Waals surface area contributed by atoms with Gasteiger partial charge in [-0.2, -0.15) is 0 Å². The average molecular weight is 403 g/mol. The fraction of sp³-hybridized carbons (Fsp3) is 0.400. The van der Waals surface area contributed by atoms with Crippen molar-refractivity contribution in [2.24, 2.45) is 0 Å². The van der Waals surface area contributed by atoms with Crippen LogP contribution in [0.4, 0.5) is 0 Å². The van der Waals surface area contributed by atoms with E-state index >= 15 is 0 Å². The van der Waals surface area contributed by atoms with Crippen LogP contribution in [-0.4, -0.2) is 59.7 Å². The molecule has 0 radical (unpaired) electrons.